The highest BCUT2D eigenvalue weighted by Crippen LogP contribution is 2.56. The van der Waals surface area contributed by atoms with Crippen molar-refractivity contribution in [1.82, 2.24) is 4.90 Å². The van der Waals surface area contributed by atoms with Crippen LogP contribution in [0.3, 0.4) is 0 Å². The second-order valence-electron chi connectivity index (χ2n) is 16.6. The van der Waals surface area contributed by atoms with E-state index in [-0.39, 0.29) is 5.41 Å². The SMILES string of the molecule is C=C/C=C\c1ccc(C2=CI=C3C(c4ccc5c(c4)C(c4ccccc4)(c4ccccc4)c4ccccc4-5)=NC(c4ccc5c(c4)C(C)(C)c4ccccc4-5)=CN23)cc1C. The highest BCUT2D eigenvalue weighted by Gasteiger charge is 2.46. The van der Waals surface area contributed by atoms with Gasteiger partial charge in [0, 0.05) is 22.7 Å². The quantitative estimate of drug-likeness (QED) is 0.115. The number of hydrogen-bond acceptors (Lipinski definition) is 2. The number of benzene rings is 7. The Morgan fingerprint density at radius 3 is 1.87 bits per heavy atom. The minimum absolute atomic E-state index is 0.113. The highest BCUT2D eigenvalue weighted by atomic mass is 127. The lowest BCUT2D eigenvalue weighted by atomic mass is 9.67. The predicted molar refractivity (Wildman–Crippen MR) is 262 cm³/mol. The maximum absolute atomic E-state index is 5.72. The molecule has 7 aromatic rings. The van der Waals surface area contributed by atoms with Crippen molar-refractivity contribution in [3.8, 4) is 22.3 Å². The van der Waals surface area contributed by atoms with Gasteiger partial charge in [-0.05, 0) is 102 Å². The van der Waals surface area contributed by atoms with Crippen LogP contribution in [0.25, 0.3) is 39.7 Å². The zero-order valence-corrected chi connectivity index (χ0v) is 36.1. The van der Waals surface area contributed by atoms with Crippen LogP contribution in [0, 0.1) is 6.92 Å². The van der Waals surface area contributed by atoms with Gasteiger partial charge in [-0.15, -0.1) is 0 Å². The number of hydrogen-bond donors (Lipinski definition) is 0. The van der Waals surface area contributed by atoms with Crippen LogP contribution in [0.15, 0.2) is 198 Å². The molecule has 0 amide bonds. The number of allylic oxidation sites excluding steroid dienone is 2. The summed E-state index contributed by atoms with van der Waals surface area (Å²) in [6.45, 7) is 10.8. The van der Waals surface area contributed by atoms with Gasteiger partial charge < -0.3 is 4.90 Å². The van der Waals surface area contributed by atoms with Gasteiger partial charge in [-0.25, -0.2) is 4.99 Å². The predicted octanol–water partition coefficient (Wildman–Crippen LogP) is 14.1. The zero-order valence-electron chi connectivity index (χ0n) is 34.0. The molecule has 60 heavy (non-hydrogen) atoms. The number of nitrogens with zero attached hydrogens (tertiary/aromatic N) is 2. The summed E-state index contributed by atoms with van der Waals surface area (Å²) in [5, 5.41) is 0. The van der Waals surface area contributed by atoms with Gasteiger partial charge >= 0.3 is 0 Å². The first-order valence-electron chi connectivity index (χ1n) is 20.7. The van der Waals surface area contributed by atoms with E-state index in [1.807, 2.05) is 12.2 Å². The summed E-state index contributed by atoms with van der Waals surface area (Å²) < 4.78 is 3.79. The summed E-state index contributed by atoms with van der Waals surface area (Å²) in [6, 6.07) is 61.0. The fraction of sp³-hybridized carbons (Fsp3) is 0.0877. The Balaban J connectivity index is 1.10. The molecule has 0 bridgehead atoms. The van der Waals surface area contributed by atoms with Gasteiger partial charge in [-0.1, -0.05) is 205 Å². The van der Waals surface area contributed by atoms with Gasteiger partial charge in [0.1, 0.15) is 9.34 Å². The van der Waals surface area contributed by atoms with E-state index >= 15 is 0 Å². The number of aryl methyl sites for hydroxylation is 1. The average molecular weight is 883 g/mol. The van der Waals surface area contributed by atoms with Crippen LogP contribution < -0.4 is 0 Å². The standard InChI is InChI=1S/C57H43IN2/c1-5-6-17-38-26-27-40(32-37(38)2)53-35-58-55-54(59-52(36-60(53)55)39-28-30-46-44-22-13-15-24-48(44)56(3,4)50(46)33-39)41-29-31-47-45-23-14-16-25-49(45)57(51(47)34-41,42-18-9-7-10-19-42)43-20-11-8-12-21-43/h5-36H,1H2,2-4H3/b17-6-. The number of halogens is 1. The summed E-state index contributed by atoms with van der Waals surface area (Å²) in [5.41, 5.74) is 21.7. The molecule has 0 aromatic heterocycles. The minimum atomic E-state index is -0.510. The molecule has 0 radical (unpaired) electrons. The zero-order chi connectivity index (χ0) is 40.6. The van der Waals surface area contributed by atoms with Crippen molar-refractivity contribution in [2.45, 2.75) is 31.6 Å². The van der Waals surface area contributed by atoms with Crippen molar-refractivity contribution < 1.29 is 0 Å². The molecule has 0 N–H and O–H groups in total. The molecule has 0 saturated carbocycles. The van der Waals surface area contributed by atoms with Crippen LogP contribution in [-0.4, -0.2) is 14.2 Å². The topological polar surface area (TPSA) is 15.6 Å². The van der Waals surface area contributed by atoms with Crippen molar-refractivity contribution in [2.75, 3.05) is 0 Å². The molecule has 11 rings (SSSR count). The maximum atomic E-state index is 5.72. The molecule has 2 aliphatic carbocycles. The van der Waals surface area contributed by atoms with Crippen molar-refractivity contribution in [3.05, 3.63) is 254 Å². The Hall–Kier alpha value is -6.43. The molecule has 0 atom stereocenters. The molecule has 288 valence electrons. The van der Waals surface area contributed by atoms with Gasteiger partial charge in [0.2, 0.25) is 0 Å². The van der Waals surface area contributed by atoms with Crippen LogP contribution >= 0.6 is 20.7 Å². The smallest absolute Gasteiger partial charge is 0.106 e. The van der Waals surface area contributed by atoms with Gasteiger partial charge in [-0.3, -0.25) is 0 Å². The van der Waals surface area contributed by atoms with E-state index in [9.17, 15) is 0 Å². The van der Waals surface area contributed by atoms with Crippen LogP contribution in [0.1, 0.15) is 75.0 Å². The van der Waals surface area contributed by atoms with E-state index in [1.165, 1.54) is 81.7 Å². The third kappa shape index (κ3) is 5.45. The van der Waals surface area contributed by atoms with Gasteiger partial charge in [0.05, 0.1) is 16.8 Å². The fourth-order valence-electron chi connectivity index (χ4n) is 10.1. The third-order valence-electron chi connectivity index (χ3n) is 13.0. The lowest BCUT2D eigenvalue weighted by molar-refractivity contribution is 0.660. The number of rotatable bonds is 7. The lowest BCUT2D eigenvalue weighted by Crippen LogP contribution is -2.32. The first kappa shape index (κ1) is 36.6. The van der Waals surface area contributed by atoms with Crippen molar-refractivity contribution >= 4 is 47.5 Å². The van der Waals surface area contributed by atoms with Crippen molar-refractivity contribution in [1.29, 1.82) is 0 Å². The van der Waals surface area contributed by atoms with Crippen molar-refractivity contribution in [3.63, 3.8) is 0 Å². The van der Waals surface area contributed by atoms with E-state index in [4.69, 9.17) is 4.99 Å². The first-order chi connectivity index (χ1) is 29.4. The summed E-state index contributed by atoms with van der Waals surface area (Å²) in [6.07, 6.45) is 8.27. The largest absolute Gasteiger partial charge is 0.307 e. The Morgan fingerprint density at radius 1 is 0.583 bits per heavy atom. The maximum Gasteiger partial charge on any atom is 0.106 e. The Morgan fingerprint density at radius 2 is 1.17 bits per heavy atom. The Labute approximate surface area is 363 Å². The molecular weight excluding hydrogens is 840 g/mol. The molecule has 0 saturated heterocycles. The minimum Gasteiger partial charge on any atom is -0.307 e. The summed E-state index contributed by atoms with van der Waals surface area (Å²) in [5.74, 6) is 0. The van der Waals surface area contributed by atoms with E-state index in [1.54, 1.807) is 0 Å². The molecule has 0 unspecified atom stereocenters. The molecule has 0 fully saturated rings. The molecule has 0 spiro atoms. The first-order valence-corrected chi connectivity index (χ1v) is 23.0. The fourth-order valence-corrected chi connectivity index (χ4v) is 12.8. The van der Waals surface area contributed by atoms with E-state index in [0.29, 0.717) is 0 Å². The summed E-state index contributed by atoms with van der Waals surface area (Å²) in [4.78, 5) is 8.19. The molecule has 3 heteroatoms. The van der Waals surface area contributed by atoms with Crippen LogP contribution in [0.5, 0.6) is 0 Å². The Bertz CT molecular complexity index is 3050. The Kier molecular flexibility index (Phi) is 8.61. The van der Waals surface area contributed by atoms with Gasteiger partial charge in [0.25, 0.3) is 0 Å². The number of fused-ring (bicyclic) bond motifs is 7. The van der Waals surface area contributed by atoms with Gasteiger partial charge in [0.15, 0.2) is 0 Å². The second kappa shape index (κ2) is 14.1. The van der Waals surface area contributed by atoms with Crippen LogP contribution in [-0.2, 0) is 10.8 Å². The summed E-state index contributed by atoms with van der Waals surface area (Å²) in [7, 11) is 0. The van der Waals surface area contributed by atoms with Crippen LogP contribution in [0.4, 0.5) is 0 Å². The monoisotopic (exact) mass is 882 g/mol. The molecule has 2 heterocycles. The number of aliphatic imine (C=N–C) groups is 1. The summed E-state index contributed by atoms with van der Waals surface area (Å²) >= 11 is -0.510. The molecule has 2 nitrogen and oxygen atoms in total. The average Bonchev–Trinajstić information content (AvgIpc) is 3.93. The lowest BCUT2D eigenvalue weighted by Gasteiger charge is -2.34. The van der Waals surface area contributed by atoms with Crippen molar-refractivity contribution in [2.24, 2.45) is 4.99 Å². The normalized spacial score (nSPS) is 16.4. The highest BCUT2D eigenvalue weighted by molar-refractivity contribution is 14.2. The van der Waals surface area contributed by atoms with Crippen LogP contribution in [0.2, 0.25) is 0 Å². The van der Waals surface area contributed by atoms with Gasteiger partial charge in [-0.2, -0.15) is 0 Å². The second-order valence-corrected chi connectivity index (χ2v) is 18.9. The van der Waals surface area contributed by atoms with E-state index < -0.39 is 26.1 Å². The molecule has 7 aromatic carbocycles. The van der Waals surface area contributed by atoms with E-state index in [0.717, 1.165) is 22.5 Å². The van der Waals surface area contributed by atoms with E-state index in [2.05, 4.69) is 212 Å². The molecule has 4 aliphatic rings. The molecular formula is C57H43IN2. The third-order valence-corrected chi connectivity index (χ3v) is 15.5. The molecule has 2 aliphatic heterocycles.